The zero-order valence-corrected chi connectivity index (χ0v) is 12.8. The number of benzene rings is 2. The lowest BCUT2D eigenvalue weighted by Crippen LogP contribution is -2.32. The van der Waals surface area contributed by atoms with E-state index in [2.05, 4.69) is 15.6 Å². The highest BCUT2D eigenvalue weighted by Gasteiger charge is 2.04. The third-order valence-electron chi connectivity index (χ3n) is 3.32. The van der Waals surface area contributed by atoms with Gasteiger partial charge in [-0.15, -0.1) is 0 Å². The smallest absolute Gasteiger partial charge is 0.319 e. The average molecular weight is 325 g/mol. The summed E-state index contributed by atoms with van der Waals surface area (Å²) in [5.41, 5.74) is 1.18. The van der Waals surface area contributed by atoms with Crippen molar-refractivity contribution in [1.29, 1.82) is 0 Å². The fourth-order valence-electron chi connectivity index (χ4n) is 2.26. The van der Waals surface area contributed by atoms with Gasteiger partial charge < -0.3 is 15.4 Å². The van der Waals surface area contributed by atoms with Gasteiger partial charge in [0.2, 0.25) is 0 Å². The Morgan fingerprint density at radius 3 is 2.83 bits per heavy atom. The largest absolute Gasteiger partial charge is 0.489 e. The van der Waals surface area contributed by atoms with E-state index in [1.54, 1.807) is 12.3 Å². The highest BCUT2D eigenvalue weighted by Crippen LogP contribution is 2.22. The number of hydrogen-bond acceptors (Lipinski definition) is 3. The molecule has 0 radical (unpaired) electrons. The van der Waals surface area contributed by atoms with E-state index in [4.69, 9.17) is 4.74 Å². The molecule has 3 rings (SSSR count). The molecule has 0 saturated carbocycles. The Kier molecular flexibility index (Phi) is 4.86. The normalized spacial score (nSPS) is 10.4. The molecule has 5 nitrogen and oxygen atoms in total. The lowest BCUT2D eigenvalue weighted by molar-refractivity contribution is 0.247. The molecular formula is C18H16FN3O2. The Labute approximate surface area is 138 Å². The van der Waals surface area contributed by atoms with Gasteiger partial charge in [0.05, 0.1) is 6.54 Å². The topological polar surface area (TPSA) is 63.2 Å². The fourth-order valence-corrected chi connectivity index (χ4v) is 2.26. The first kappa shape index (κ1) is 15.7. The first-order chi connectivity index (χ1) is 11.7. The number of ether oxygens (including phenoxy) is 1. The van der Waals surface area contributed by atoms with Crippen molar-refractivity contribution < 1.29 is 13.9 Å². The van der Waals surface area contributed by atoms with Crippen LogP contribution in [0.1, 0.15) is 0 Å². The number of nitrogens with zero attached hydrogens (tertiary/aromatic N) is 1. The maximum absolute atomic E-state index is 13.0. The van der Waals surface area contributed by atoms with Gasteiger partial charge in [-0.25, -0.2) is 9.18 Å². The van der Waals surface area contributed by atoms with Crippen LogP contribution in [0.15, 0.2) is 60.8 Å². The van der Waals surface area contributed by atoms with Crippen molar-refractivity contribution in [3.8, 4) is 5.75 Å². The summed E-state index contributed by atoms with van der Waals surface area (Å²) < 4.78 is 18.7. The Hall–Kier alpha value is -3.15. The maximum atomic E-state index is 13.0. The van der Waals surface area contributed by atoms with E-state index < -0.39 is 11.8 Å². The zero-order valence-electron chi connectivity index (χ0n) is 12.8. The average Bonchev–Trinajstić information content (AvgIpc) is 2.59. The van der Waals surface area contributed by atoms with Gasteiger partial charge in [-0.3, -0.25) is 4.98 Å². The number of aromatic nitrogens is 1. The number of para-hydroxylation sites is 1. The first-order valence-corrected chi connectivity index (χ1v) is 7.49. The maximum Gasteiger partial charge on any atom is 0.319 e. The van der Waals surface area contributed by atoms with E-state index in [1.165, 1.54) is 18.2 Å². The van der Waals surface area contributed by atoms with Crippen LogP contribution in [0.3, 0.4) is 0 Å². The predicted octanol–water partition coefficient (Wildman–Crippen LogP) is 3.57. The lowest BCUT2D eigenvalue weighted by atomic mass is 10.2. The second-order valence-electron chi connectivity index (χ2n) is 5.07. The second-order valence-corrected chi connectivity index (χ2v) is 5.07. The van der Waals surface area contributed by atoms with Crippen molar-refractivity contribution >= 4 is 22.6 Å². The van der Waals surface area contributed by atoms with Crippen LogP contribution in [0.25, 0.3) is 10.9 Å². The van der Waals surface area contributed by atoms with E-state index in [0.29, 0.717) is 24.6 Å². The van der Waals surface area contributed by atoms with E-state index in [1.807, 2.05) is 30.3 Å². The number of hydrogen-bond donors (Lipinski definition) is 2. The van der Waals surface area contributed by atoms with Crippen LogP contribution >= 0.6 is 0 Å². The SMILES string of the molecule is O=C(NCCOc1cccc2cccnc12)Nc1cccc(F)c1. The Morgan fingerprint density at radius 2 is 1.96 bits per heavy atom. The third-order valence-corrected chi connectivity index (χ3v) is 3.32. The molecule has 0 atom stereocenters. The fraction of sp³-hybridized carbons (Fsp3) is 0.111. The number of rotatable bonds is 5. The van der Waals surface area contributed by atoms with Crippen molar-refractivity contribution in [2.75, 3.05) is 18.5 Å². The molecule has 0 spiro atoms. The van der Waals surface area contributed by atoms with Crippen molar-refractivity contribution in [1.82, 2.24) is 10.3 Å². The summed E-state index contributed by atoms with van der Waals surface area (Å²) in [5, 5.41) is 6.20. The number of urea groups is 1. The number of carbonyl (C=O) groups excluding carboxylic acids is 1. The molecular weight excluding hydrogens is 309 g/mol. The quantitative estimate of drug-likeness (QED) is 0.705. The molecule has 1 aromatic heterocycles. The molecule has 122 valence electrons. The number of carbonyl (C=O) groups is 1. The third kappa shape index (κ3) is 3.98. The van der Waals surface area contributed by atoms with Gasteiger partial charge >= 0.3 is 6.03 Å². The van der Waals surface area contributed by atoms with Crippen LogP contribution in [-0.4, -0.2) is 24.2 Å². The second kappa shape index (κ2) is 7.41. The Morgan fingerprint density at radius 1 is 1.12 bits per heavy atom. The number of amides is 2. The van der Waals surface area contributed by atoms with Gasteiger partial charge in [0, 0.05) is 17.3 Å². The van der Waals surface area contributed by atoms with Gasteiger partial charge in [-0.1, -0.05) is 24.3 Å². The minimum absolute atomic E-state index is 0.298. The molecule has 0 aliphatic carbocycles. The molecule has 2 N–H and O–H groups in total. The molecule has 2 amide bonds. The minimum Gasteiger partial charge on any atom is -0.489 e. The summed E-state index contributed by atoms with van der Waals surface area (Å²) in [4.78, 5) is 16.0. The molecule has 6 heteroatoms. The van der Waals surface area contributed by atoms with Crippen molar-refractivity contribution in [2.45, 2.75) is 0 Å². The summed E-state index contributed by atoms with van der Waals surface area (Å²) in [6.45, 7) is 0.608. The van der Waals surface area contributed by atoms with Crippen LogP contribution in [0.2, 0.25) is 0 Å². The monoisotopic (exact) mass is 325 g/mol. The van der Waals surface area contributed by atoms with Gasteiger partial charge in [0.25, 0.3) is 0 Å². The van der Waals surface area contributed by atoms with Crippen LogP contribution in [0.5, 0.6) is 5.75 Å². The Balaban J connectivity index is 1.49. The molecule has 0 unspecified atom stereocenters. The minimum atomic E-state index is -0.416. The van der Waals surface area contributed by atoms with Crippen LogP contribution in [0, 0.1) is 5.82 Å². The first-order valence-electron chi connectivity index (χ1n) is 7.49. The standard InChI is InChI=1S/C18H16FN3O2/c19-14-6-2-7-15(12-14)22-18(23)21-10-11-24-16-8-1-4-13-5-3-9-20-17(13)16/h1-9,12H,10-11H2,(H2,21,22,23). The number of nitrogens with one attached hydrogen (secondary N) is 2. The van der Waals surface area contributed by atoms with Gasteiger partial charge in [0.15, 0.2) is 0 Å². The van der Waals surface area contributed by atoms with Crippen LogP contribution in [0.4, 0.5) is 14.9 Å². The molecule has 0 aliphatic heterocycles. The van der Waals surface area contributed by atoms with E-state index in [0.717, 1.165) is 10.9 Å². The van der Waals surface area contributed by atoms with Crippen LogP contribution < -0.4 is 15.4 Å². The summed E-state index contributed by atoms with van der Waals surface area (Å²) in [6, 6.07) is 14.8. The van der Waals surface area contributed by atoms with E-state index in [9.17, 15) is 9.18 Å². The lowest BCUT2D eigenvalue weighted by Gasteiger charge is -2.10. The predicted molar refractivity (Wildman–Crippen MR) is 90.7 cm³/mol. The number of pyridine rings is 1. The van der Waals surface area contributed by atoms with E-state index in [-0.39, 0.29) is 0 Å². The summed E-state index contributed by atoms with van der Waals surface area (Å²) >= 11 is 0. The van der Waals surface area contributed by atoms with Crippen molar-refractivity contribution in [3.05, 3.63) is 66.6 Å². The van der Waals surface area contributed by atoms with Gasteiger partial charge in [-0.2, -0.15) is 0 Å². The highest BCUT2D eigenvalue weighted by molar-refractivity contribution is 5.89. The van der Waals surface area contributed by atoms with Gasteiger partial charge in [0.1, 0.15) is 23.7 Å². The molecule has 1 heterocycles. The summed E-state index contributed by atoms with van der Waals surface area (Å²) in [6.07, 6.45) is 1.71. The van der Waals surface area contributed by atoms with Crippen LogP contribution in [-0.2, 0) is 0 Å². The van der Waals surface area contributed by atoms with Gasteiger partial charge in [-0.05, 0) is 30.3 Å². The summed E-state index contributed by atoms with van der Waals surface area (Å²) in [7, 11) is 0. The molecule has 24 heavy (non-hydrogen) atoms. The van der Waals surface area contributed by atoms with E-state index >= 15 is 0 Å². The van der Waals surface area contributed by atoms with Crippen molar-refractivity contribution in [2.24, 2.45) is 0 Å². The number of fused-ring (bicyclic) bond motifs is 1. The highest BCUT2D eigenvalue weighted by atomic mass is 19.1. The Bertz CT molecular complexity index is 849. The number of anilines is 1. The van der Waals surface area contributed by atoms with Crippen molar-refractivity contribution in [3.63, 3.8) is 0 Å². The molecule has 0 bridgehead atoms. The zero-order chi connectivity index (χ0) is 16.8. The molecule has 0 aliphatic rings. The molecule has 3 aromatic rings. The molecule has 2 aromatic carbocycles. The molecule has 0 fully saturated rings. The summed E-state index contributed by atoms with van der Waals surface area (Å²) in [5.74, 6) is 0.264. The number of halogens is 1. The molecule has 0 saturated heterocycles.